The minimum Gasteiger partial charge on any atom is -0.462 e. The van der Waals surface area contributed by atoms with Crippen LogP contribution in [0.1, 0.15) is 33.1 Å². The van der Waals surface area contributed by atoms with Gasteiger partial charge in [-0.1, -0.05) is 12.2 Å². The van der Waals surface area contributed by atoms with Gasteiger partial charge >= 0.3 is 11.9 Å². The van der Waals surface area contributed by atoms with Crippen LogP contribution < -0.4 is 0 Å². The van der Waals surface area contributed by atoms with Gasteiger partial charge in [-0.25, -0.2) is 0 Å². The van der Waals surface area contributed by atoms with Crippen molar-refractivity contribution in [1.29, 1.82) is 0 Å². The highest BCUT2D eigenvalue weighted by Crippen LogP contribution is 2.18. The van der Waals surface area contributed by atoms with Crippen molar-refractivity contribution in [1.82, 2.24) is 0 Å². The van der Waals surface area contributed by atoms with Gasteiger partial charge in [0, 0.05) is 33.1 Å². The van der Waals surface area contributed by atoms with Crippen LogP contribution in [0.2, 0.25) is 0 Å². The van der Waals surface area contributed by atoms with E-state index in [1.807, 2.05) is 12.2 Å². The van der Waals surface area contributed by atoms with Gasteiger partial charge in [-0.3, -0.25) is 9.59 Å². The Labute approximate surface area is 89.2 Å². The van der Waals surface area contributed by atoms with E-state index in [-0.39, 0.29) is 24.1 Å². The van der Waals surface area contributed by atoms with Gasteiger partial charge in [-0.2, -0.15) is 0 Å². The first-order chi connectivity index (χ1) is 7.08. The molecule has 0 spiro atoms. The van der Waals surface area contributed by atoms with Gasteiger partial charge in [0.1, 0.15) is 12.2 Å². The maximum Gasteiger partial charge on any atom is 0.302 e. The molecule has 0 saturated carbocycles. The highest BCUT2D eigenvalue weighted by molar-refractivity contribution is 5.66. The van der Waals surface area contributed by atoms with Gasteiger partial charge in [-0.15, -0.1) is 0 Å². The lowest BCUT2D eigenvalue weighted by Crippen LogP contribution is -2.24. The van der Waals surface area contributed by atoms with Crippen LogP contribution in [0.3, 0.4) is 0 Å². The third kappa shape index (κ3) is 4.63. The molecule has 2 atom stereocenters. The van der Waals surface area contributed by atoms with Gasteiger partial charge in [0.15, 0.2) is 0 Å². The van der Waals surface area contributed by atoms with Gasteiger partial charge < -0.3 is 9.47 Å². The average Bonchev–Trinajstić information content (AvgIpc) is 2.28. The monoisotopic (exact) mass is 212 g/mol. The van der Waals surface area contributed by atoms with E-state index in [1.54, 1.807) is 0 Å². The van der Waals surface area contributed by atoms with Gasteiger partial charge in [0.25, 0.3) is 0 Å². The van der Waals surface area contributed by atoms with Crippen molar-refractivity contribution in [3.8, 4) is 0 Å². The lowest BCUT2D eigenvalue weighted by atomic mass is 10.1. The third-order valence-corrected chi connectivity index (χ3v) is 2.16. The van der Waals surface area contributed by atoms with Crippen molar-refractivity contribution in [2.45, 2.75) is 45.3 Å². The van der Waals surface area contributed by atoms with E-state index in [2.05, 4.69) is 0 Å². The molecule has 1 rings (SSSR count). The number of hydrogen-bond acceptors (Lipinski definition) is 4. The second-order valence-electron chi connectivity index (χ2n) is 3.64. The van der Waals surface area contributed by atoms with E-state index < -0.39 is 0 Å². The lowest BCUT2D eigenvalue weighted by Gasteiger charge is -2.19. The minimum atomic E-state index is -0.295. The average molecular weight is 212 g/mol. The molecule has 0 aromatic rings. The molecule has 0 saturated heterocycles. The van der Waals surface area contributed by atoms with Gasteiger partial charge in [0.05, 0.1) is 0 Å². The molecule has 0 amide bonds. The normalized spacial score (nSPS) is 25.5. The molecule has 0 aliphatic heterocycles. The Hall–Kier alpha value is -1.32. The summed E-state index contributed by atoms with van der Waals surface area (Å²) in [6, 6.07) is 0. The molecule has 0 aromatic heterocycles. The molecule has 0 radical (unpaired) electrons. The molecule has 2 unspecified atom stereocenters. The summed E-state index contributed by atoms with van der Waals surface area (Å²) in [4.78, 5) is 21.6. The maximum absolute atomic E-state index is 10.8. The molecule has 4 nitrogen and oxygen atoms in total. The second-order valence-corrected chi connectivity index (χ2v) is 3.64. The minimum absolute atomic E-state index is 0.175. The molecular weight excluding hydrogens is 196 g/mol. The van der Waals surface area contributed by atoms with Gasteiger partial charge in [-0.05, 0) is 0 Å². The molecule has 0 aromatic carbocycles. The SMILES string of the molecule is CC(=O)OC1CC=CCC(OC(C)=O)C1. The van der Waals surface area contributed by atoms with Crippen LogP contribution in [0.15, 0.2) is 12.2 Å². The lowest BCUT2D eigenvalue weighted by molar-refractivity contribution is -0.152. The van der Waals surface area contributed by atoms with E-state index in [0.717, 1.165) is 0 Å². The molecule has 0 fully saturated rings. The summed E-state index contributed by atoms with van der Waals surface area (Å²) in [6.45, 7) is 2.77. The van der Waals surface area contributed by atoms with Crippen molar-refractivity contribution in [3.05, 3.63) is 12.2 Å². The fourth-order valence-corrected chi connectivity index (χ4v) is 1.64. The van der Waals surface area contributed by atoms with Crippen molar-refractivity contribution >= 4 is 11.9 Å². The maximum atomic E-state index is 10.8. The molecule has 15 heavy (non-hydrogen) atoms. The van der Waals surface area contributed by atoms with E-state index in [9.17, 15) is 9.59 Å². The van der Waals surface area contributed by atoms with Crippen molar-refractivity contribution in [3.63, 3.8) is 0 Å². The fourth-order valence-electron chi connectivity index (χ4n) is 1.64. The van der Waals surface area contributed by atoms with Crippen LogP contribution in [0.5, 0.6) is 0 Å². The first kappa shape index (κ1) is 11.8. The number of carbonyl (C=O) groups excluding carboxylic acids is 2. The summed E-state index contributed by atoms with van der Waals surface area (Å²) in [5, 5.41) is 0. The number of esters is 2. The highest BCUT2D eigenvalue weighted by Gasteiger charge is 2.21. The zero-order valence-electron chi connectivity index (χ0n) is 9.06. The molecule has 0 heterocycles. The Kier molecular flexibility index (Phi) is 4.34. The topological polar surface area (TPSA) is 52.6 Å². The smallest absolute Gasteiger partial charge is 0.302 e. The standard InChI is InChI=1S/C11H16O4/c1-8(12)14-10-5-3-4-6-11(7-10)15-9(2)13/h3-4,10-11H,5-7H2,1-2H3. The Balaban J connectivity index is 2.50. The molecule has 84 valence electrons. The Morgan fingerprint density at radius 2 is 1.40 bits per heavy atom. The largest absolute Gasteiger partial charge is 0.462 e. The van der Waals surface area contributed by atoms with E-state index in [1.165, 1.54) is 13.8 Å². The Morgan fingerprint density at radius 3 is 1.73 bits per heavy atom. The van der Waals surface area contributed by atoms with Crippen LogP contribution in [0.25, 0.3) is 0 Å². The number of hydrogen-bond donors (Lipinski definition) is 0. The summed E-state index contributed by atoms with van der Waals surface area (Å²) in [5.41, 5.74) is 0. The summed E-state index contributed by atoms with van der Waals surface area (Å²) in [5.74, 6) is -0.589. The van der Waals surface area contributed by atoms with Crippen LogP contribution in [-0.4, -0.2) is 24.1 Å². The Morgan fingerprint density at radius 1 is 1.00 bits per heavy atom. The third-order valence-electron chi connectivity index (χ3n) is 2.16. The van der Waals surface area contributed by atoms with Crippen LogP contribution in [-0.2, 0) is 19.1 Å². The van der Waals surface area contributed by atoms with Crippen molar-refractivity contribution < 1.29 is 19.1 Å². The molecular formula is C11H16O4. The predicted octanol–water partition coefficient (Wildman–Crippen LogP) is 1.59. The molecule has 4 heteroatoms. The zero-order valence-corrected chi connectivity index (χ0v) is 9.06. The number of ether oxygens (including phenoxy) is 2. The molecule has 1 aliphatic rings. The van der Waals surface area contributed by atoms with Gasteiger partial charge in [0.2, 0.25) is 0 Å². The molecule has 0 bridgehead atoms. The quantitative estimate of drug-likeness (QED) is 0.515. The van der Waals surface area contributed by atoms with Crippen LogP contribution >= 0.6 is 0 Å². The summed E-state index contributed by atoms with van der Waals surface area (Å²) < 4.78 is 10.2. The van der Waals surface area contributed by atoms with E-state index in [4.69, 9.17) is 9.47 Å². The van der Waals surface area contributed by atoms with Crippen molar-refractivity contribution in [2.75, 3.05) is 0 Å². The van der Waals surface area contributed by atoms with Crippen molar-refractivity contribution in [2.24, 2.45) is 0 Å². The summed E-state index contributed by atoms with van der Waals surface area (Å²) in [7, 11) is 0. The highest BCUT2D eigenvalue weighted by atomic mass is 16.6. The Bertz CT molecular complexity index is 244. The first-order valence-corrected chi connectivity index (χ1v) is 5.07. The van der Waals surface area contributed by atoms with E-state index in [0.29, 0.717) is 19.3 Å². The number of rotatable bonds is 2. The number of carbonyl (C=O) groups is 2. The van der Waals surface area contributed by atoms with E-state index >= 15 is 0 Å². The second kappa shape index (κ2) is 5.53. The molecule has 0 N–H and O–H groups in total. The molecule has 1 aliphatic carbocycles. The van der Waals surface area contributed by atoms with Crippen LogP contribution in [0, 0.1) is 0 Å². The summed E-state index contributed by atoms with van der Waals surface area (Å²) >= 11 is 0. The van der Waals surface area contributed by atoms with Crippen LogP contribution in [0.4, 0.5) is 0 Å². The summed E-state index contributed by atoms with van der Waals surface area (Å²) in [6.07, 6.45) is 5.52. The fraction of sp³-hybridized carbons (Fsp3) is 0.636. The zero-order chi connectivity index (χ0) is 11.3. The predicted molar refractivity (Wildman–Crippen MR) is 54.1 cm³/mol. The first-order valence-electron chi connectivity index (χ1n) is 5.07.